The standard InChI is InChI=1S/C11H7ClN2O/c12-11-9(6-13-7-14-11)10(15)8-4-2-1-3-5-8/h1-7H. The molecule has 0 saturated carbocycles. The highest BCUT2D eigenvalue weighted by Gasteiger charge is 2.12. The third kappa shape index (κ3) is 2.02. The van der Waals surface area contributed by atoms with Gasteiger partial charge in [0, 0.05) is 11.8 Å². The predicted molar refractivity (Wildman–Crippen MR) is 56.9 cm³/mol. The van der Waals surface area contributed by atoms with Gasteiger partial charge < -0.3 is 0 Å². The van der Waals surface area contributed by atoms with Crippen molar-refractivity contribution < 1.29 is 4.79 Å². The van der Waals surface area contributed by atoms with Crippen LogP contribution in [0.1, 0.15) is 15.9 Å². The van der Waals surface area contributed by atoms with Crippen molar-refractivity contribution >= 4 is 17.4 Å². The van der Waals surface area contributed by atoms with Crippen LogP contribution in [0.2, 0.25) is 5.15 Å². The molecule has 74 valence electrons. The van der Waals surface area contributed by atoms with E-state index in [1.54, 1.807) is 24.3 Å². The van der Waals surface area contributed by atoms with E-state index in [1.807, 2.05) is 6.07 Å². The quantitative estimate of drug-likeness (QED) is 0.574. The molecule has 0 spiro atoms. The number of nitrogens with zero attached hydrogens (tertiary/aromatic N) is 2. The lowest BCUT2D eigenvalue weighted by molar-refractivity contribution is 0.103. The van der Waals surface area contributed by atoms with E-state index in [4.69, 9.17) is 11.6 Å². The van der Waals surface area contributed by atoms with E-state index in [1.165, 1.54) is 12.5 Å². The van der Waals surface area contributed by atoms with Gasteiger partial charge in [0.2, 0.25) is 0 Å². The maximum absolute atomic E-state index is 11.9. The third-order valence-corrected chi connectivity index (χ3v) is 2.25. The fourth-order valence-corrected chi connectivity index (χ4v) is 1.39. The normalized spacial score (nSPS) is 9.93. The van der Waals surface area contributed by atoms with Crippen LogP contribution in [0.25, 0.3) is 0 Å². The topological polar surface area (TPSA) is 42.9 Å². The number of hydrogen-bond donors (Lipinski definition) is 0. The van der Waals surface area contributed by atoms with E-state index in [0.717, 1.165) is 0 Å². The maximum atomic E-state index is 11.9. The van der Waals surface area contributed by atoms with Gasteiger partial charge in [-0.05, 0) is 0 Å². The van der Waals surface area contributed by atoms with Gasteiger partial charge in [0.1, 0.15) is 11.5 Å². The van der Waals surface area contributed by atoms with Crippen LogP contribution in [0.15, 0.2) is 42.9 Å². The van der Waals surface area contributed by atoms with Gasteiger partial charge in [0.05, 0.1) is 5.56 Å². The number of carbonyl (C=O) groups is 1. The summed E-state index contributed by atoms with van der Waals surface area (Å²) in [5.74, 6) is -0.166. The SMILES string of the molecule is O=C(c1ccccc1)c1cncnc1Cl. The summed E-state index contributed by atoms with van der Waals surface area (Å²) in [5, 5.41) is 0.179. The molecule has 15 heavy (non-hydrogen) atoms. The smallest absolute Gasteiger partial charge is 0.197 e. The molecule has 0 aliphatic carbocycles. The second kappa shape index (κ2) is 4.19. The summed E-state index contributed by atoms with van der Waals surface area (Å²) in [7, 11) is 0. The van der Waals surface area contributed by atoms with Gasteiger partial charge in [-0.15, -0.1) is 0 Å². The molecule has 0 saturated heterocycles. The Morgan fingerprint density at radius 1 is 1.20 bits per heavy atom. The van der Waals surface area contributed by atoms with E-state index < -0.39 is 0 Å². The molecule has 0 radical (unpaired) electrons. The van der Waals surface area contributed by atoms with Crippen molar-refractivity contribution in [3.63, 3.8) is 0 Å². The van der Waals surface area contributed by atoms with Crippen LogP contribution in [0.5, 0.6) is 0 Å². The molecule has 0 aliphatic rings. The molecule has 2 aromatic rings. The van der Waals surface area contributed by atoms with Crippen LogP contribution in [0, 0.1) is 0 Å². The van der Waals surface area contributed by atoms with Gasteiger partial charge in [0.25, 0.3) is 0 Å². The zero-order valence-corrected chi connectivity index (χ0v) is 8.48. The Balaban J connectivity index is 2.42. The zero-order valence-electron chi connectivity index (χ0n) is 7.72. The van der Waals surface area contributed by atoms with E-state index in [2.05, 4.69) is 9.97 Å². The predicted octanol–water partition coefficient (Wildman–Crippen LogP) is 2.36. The van der Waals surface area contributed by atoms with Gasteiger partial charge in [-0.2, -0.15) is 0 Å². The van der Waals surface area contributed by atoms with Crippen LogP contribution in [-0.2, 0) is 0 Å². The minimum Gasteiger partial charge on any atom is -0.288 e. The van der Waals surface area contributed by atoms with E-state index in [9.17, 15) is 4.79 Å². The first-order chi connectivity index (χ1) is 7.29. The highest BCUT2D eigenvalue weighted by molar-refractivity contribution is 6.33. The summed E-state index contributed by atoms with van der Waals surface area (Å²) >= 11 is 5.80. The Morgan fingerprint density at radius 2 is 1.93 bits per heavy atom. The van der Waals surface area contributed by atoms with Crippen molar-refractivity contribution in [3.05, 3.63) is 59.1 Å². The third-order valence-electron chi connectivity index (χ3n) is 1.94. The molecule has 2 rings (SSSR count). The van der Waals surface area contributed by atoms with Crippen molar-refractivity contribution in [2.24, 2.45) is 0 Å². The Bertz CT molecular complexity index is 485. The van der Waals surface area contributed by atoms with Gasteiger partial charge >= 0.3 is 0 Å². The lowest BCUT2D eigenvalue weighted by Crippen LogP contribution is -2.03. The minimum absolute atomic E-state index is 0.166. The number of hydrogen-bond acceptors (Lipinski definition) is 3. The second-order valence-electron chi connectivity index (χ2n) is 2.92. The monoisotopic (exact) mass is 218 g/mol. The number of ketones is 1. The maximum Gasteiger partial charge on any atom is 0.197 e. The molecule has 0 unspecified atom stereocenters. The molecule has 0 N–H and O–H groups in total. The number of halogens is 1. The van der Waals surface area contributed by atoms with Crippen LogP contribution in [0.3, 0.4) is 0 Å². The molecule has 4 heteroatoms. The second-order valence-corrected chi connectivity index (χ2v) is 3.28. The van der Waals surface area contributed by atoms with E-state index >= 15 is 0 Å². The van der Waals surface area contributed by atoms with Crippen molar-refractivity contribution in [2.45, 2.75) is 0 Å². The first-order valence-corrected chi connectivity index (χ1v) is 4.72. The molecule has 0 aliphatic heterocycles. The van der Waals surface area contributed by atoms with Gasteiger partial charge in [0.15, 0.2) is 5.78 Å². The van der Waals surface area contributed by atoms with Crippen LogP contribution in [-0.4, -0.2) is 15.8 Å². The van der Waals surface area contributed by atoms with E-state index in [-0.39, 0.29) is 10.9 Å². The highest BCUT2D eigenvalue weighted by atomic mass is 35.5. The van der Waals surface area contributed by atoms with Crippen molar-refractivity contribution in [1.29, 1.82) is 0 Å². The molecular weight excluding hydrogens is 212 g/mol. The minimum atomic E-state index is -0.166. The Morgan fingerprint density at radius 3 is 2.60 bits per heavy atom. The number of rotatable bonds is 2. The Kier molecular flexibility index (Phi) is 2.74. The first kappa shape index (κ1) is 9.80. The average Bonchev–Trinajstić information content (AvgIpc) is 2.30. The Hall–Kier alpha value is -1.74. The lowest BCUT2D eigenvalue weighted by atomic mass is 10.1. The largest absolute Gasteiger partial charge is 0.288 e. The molecule has 0 amide bonds. The van der Waals surface area contributed by atoms with Gasteiger partial charge in [-0.1, -0.05) is 41.9 Å². The number of benzene rings is 1. The lowest BCUT2D eigenvalue weighted by Gasteiger charge is -2.00. The summed E-state index contributed by atoms with van der Waals surface area (Å²) in [6.07, 6.45) is 2.73. The molecule has 0 fully saturated rings. The number of carbonyl (C=O) groups excluding carboxylic acids is 1. The fourth-order valence-electron chi connectivity index (χ4n) is 1.21. The van der Waals surface area contributed by atoms with Gasteiger partial charge in [-0.3, -0.25) is 4.79 Å². The summed E-state index contributed by atoms with van der Waals surface area (Å²) < 4.78 is 0. The fraction of sp³-hybridized carbons (Fsp3) is 0. The molecule has 1 aromatic heterocycles. The molecule has 1 heterocycles. The van der Waals surface area contributed by atoms with Crippen LogP contribution >= 0.6 is 11.6 Å². The molecule has 0 atom stereocenters. The zero-order chi connectivity index (χ0) is 10.7. The van der Waals surface area contributed by atoms with Crippen molar-refractivity contribution in [1.82, 2.24) is 9.97 Å². The highest BCUT2D eigenvalue weighted by Crippen LogP contribution is 2.15. The molecule has 3 nitrogen and oxygen atoms in total. The summed E-state index contributed by atoms with van der Waals surface area (Å²) in [5.41, 5.74) is 0.902. The summed E-state index contributed by atoms with van der Waals surface area (Å²) in [6.45, 7) is 0. The molecule has 0 bridgehead atoms. The van der Waals surface area contributed by atoms with E-state index in [0.29, 0.717) is 11.1 Å². The first-order valence-electron chi connectivity index (χ1n) is 4.34. The average molecular weight is 219 g/mol. The Labute approximate surface area is 91.8 Å². The van der Waals surface area contributed by atoms with Crippen LogP contribution in [0.4, 0.5) is 0 Å². The summed E-state index contributed by atoms with van der Waals surface area (Å²) in [6, 6.07) is 8.90. The molecule has 1 aromatic carbocycles. The van der Waals surface area contributed by atoms with Crippen molar-refractivity contribution in [3.8, 4) is 0 Å². The molecular formula is C11H7ClN2O. The summed E-state index contributed by atoms with van der Waals surface area (Å²) in [4.78, 5) is 19.4. The van der Waals surface area contributed by atoms with Crippen LogP contribution < -0.4 is 0 Å². The number of aromatic nitrogens is 2. The van der Waals surface area contributed by atoms with Crippen molar-refractivity contribution in [2.75, 3.05) is 0 Å². The van der Waals surface area contributed by atoms with Gasteiger partial charge in [-0.25, -0.2) is 9.97 Å².